The minimum Gasteiger partial charge on any atom is -0.409 e. The Morgan fingerprint density at radius 1 is 1.65 bits per heavy atom. The van der Waals surface area contributed by atoms with Gasteiger partial charge in [-0.1, -0.05) is 5.16 Å². The lowest BCUT2D eigenvalue weighted by Crippen LogP contribution is -2.45. The number of oxime groups is 1. The zero-order valence-electron chi connectivity index (χ0n) is 10.3. The highest BCUT2D eigenvalue weighted by Gasteiger charge is 2.23. The van der Waals surface area contributed by atoms with Crippen molar-refractivity contribution in [2.75, 3.05) is 27.3 Å². The minimum absolute atomic E-state index is 0.0172. The number of nitrogens with two attached hydrogens (primary N) is 1. The number of nitrogens with zero attached hydrogens (tertiary/aromatic N) is 2. The maximum atomic E-state index is 11.7. The van der Waals surface area contributed by atoms with E-state index in [1.165, 1.54) is 14.2 Å². The summed E-state index contributed by atoms with van der Waals surface area (Å²) >= 11 is 0. The molecule has 0 fully saturated rings. The SMILES string of the molecule is COCCNS(=O)(=O)N(C)C(C)CC(N)=NO. The maximum Gasteiger partial charge on any atom is 0.279 e. The molecule has 0 spiro atoms. The molecule has 8 nitrogen and oxygen atoms in total. The van der Waals surface area contributed by atoms with Crippen LogP contribution < -0.4 is 10.5 Å². The smallest absolute Gasteiger partial charge is 0.279 e. The van der Waals surface area contributed by atoms with Crippen molar-refractivity contribution in [1.82, 2.24) is 9.03 Å². The molecule has 0 aromatic rings. The summed E-state index contributed by atoms with van der Waals surface area (Å²) in [5.41, 5.74) is 5.31. The number of nitrogens with one attached hydrogen (secondary N) is 1. The van der Waals surface area contributed by atoms with E-state index in [1.807, 2.05) is 0 Å². The van der Waals surface area contributed by atoms with Gasteiger partial charge in [0, 0.05) is 33.2 Å². The van der Waals surface area contributed by atoms with Crippen molar-refractivity contribution in [2.45, 2.75) is 19.4 Å². The van der Waals surface area contributed by atoms with Crippen LogP contribution in [0, 0.1) is 0 Å². The number of hydrogen-bond donors (Lipinski definition) is 3. The van der Waals surface area contributed by atoms with Crippen LogP contribution in [-0.2, 0) is 14.9 Å². The van der Waals surface area contributed by atoms with E-state index in [2.05, 4.69) is 9.88 Å². The fraction of sp³-hybridized carbons (Fsp3) is 0.875. The van der Waals surface area contributed by atoms with Crippen molar-refractivity contribution in [2.24, 2.45) is 10.9 Å². The standard InChI is InChI=1S/C8H20N4O4S/c1-7(6-8(9)11-13)12(2)17(14,15)10-4-5-16-3/h7,10,13H,4-6H2,1-3H3,(H2,9,11). The molecular weight excluding hydrogens is 248 g/mol. The highest BCUT2D eigenvalue weighted by atomic mass is 32.2. The van der Waals surface area contributed by atoms with Gasteiger partial charge in [-0.05, 0) is 6.92 Å². The molecule has 1 atom stereocenters. The summed E-state index contributed by atoms with van der Waals surface area (Å²) in [5.74, 6) is -0.0172. The lowest BCUT2D eigenvalue weighted by molar-refractivity contribution is 0.203. The first-order chi connectivity index (χ1) is 7.85. The van der Waals surface area contributed by atoms with Crippen LogP contribution in [0.1, 0.15) is 13.3 Å². The Morgan fingerprint density at radius 3 is 2.71 bits per heavy atom. The van der Waals surface area contributed by atoms with E-state index in [0.29, 0.717) is 6.61 Å². The molecule has 4 N–H and O–H groups in total. The quantitative estimate of drug-likeness (QED) is 0.170. The lowest BCUT2D eigenvalue weighted by Gasteiger charge is -2.23. The first kappa shape index (κ1) is 16.1. The molecule has 0 aliphatic carbocycles. The normalized spacial score (nSPS) is 15.2. The van der Waals surface area contributed by atoms with Gasteiger partial charge in [-0.15, -0.1) is 0 Å². The van der Waals surface area contributed by atoms with Crippen molar-refractivity contribution < 1.29 is 18.4 Å². The van der Waals surface area contributed by atoms with Gasteiger partial charge >= 0.3 is 0 Å². The molecule has 9 heteroatoms. The van der Waals surface area contributed by atoms with Crippen LogP contribution in [0.15, 0.2) is 5.16 Å². The Kier molecular flexibility index (Phi) is 7.04. The Morgan fingerprint density at radius 2 is 2.24 bits per heavy atom. The molecule has 0 saturated carbocycles. The Bertz CT molecular complexity index is 343. The number of rotatable bonds is 8. The van der Waals surface area contributed by atoms with Crippen LogP contribution in [0.5, 0.6) is 0 Å². The van der Waals surface area contributed by atoms with E-state index in [9.17, 15) is 8.42 Å². The van der Waals surface area contributed by atoms with E-state index in [1.54, 1.807) is 6.92 Å². The topological polar surface area (TPSA) is 117 Å². The van der Waals surface area contributed by atoms with Gasteiger partial charge in [0.05, 0.1) is 6.61 Å². The lowest BCUT2D eigenvalue weighted by atomic mass is 10.2. The molecule has 17 heavy (non-hydrogen) atoms. The Balaban J connectivity index is 4.40. The molecular formula is C8H20N4O4S. The van der Waals surface area contributed by atoms with Crippen LogP contribution in [-0.4, -0.2) is 57.1 Å². The van der Waals surface area contributed by atoms with Crippen LogP contribution >= 0.6 is 0 Å². The van der Waals surface area contributed by atoms with E-state index in [4.69, 9.17) is 15.7 Å². The van der Waals surface area contributed by atoms with Gasteiger partial charge in [0.25, 0.3) is 10.2 Å². The van der Waals surface area contributed by atoms with Crippen LogP contribution in [0.4, 0.5) is 0 Å². The third-order valence-corrected chi connectivity index (χ3v) is 3.91. The molecule has 0 radical (unpaired) electrons. The Labute approximate surface area is 102 Å². The van der Waals surface area contributed by atoms with Crippen molar-refractivity contribution in [3.05, 3.63) is 0 Å². The van der Waals surface area contributed by atoms with Crippen LogP contribution in [0.2, 0.25) is 0 Å². The monoisotopic (exact) mass is 268 g/mol. The second kappa shape index (κ2) is 7.43. The number of hydrogen-bond acceptors (Lipinski definition) is 5. The van der Waals surface area contributed by atoms with Gasteiger partial charge in [-0.2, -0.15) is 17.4 Å². The predicted octanol–water partition coefficient (Wildman–Crippen LogP) is -1.08. The van der Waals surface area contributed by atoms with E-state index in [0.717, 1.165) is 4.31 Å². The number of methoxy groups -OCH3 is 1. The van der Waals surface area contributed by atoms with Gasteiger partial charge in [-0.25, -0.2) is 0 Å². The van der Waals surface area contributed by atoms with Gasteiger partial charge in [0.1, 0.15) is 5.84 Å². The predicted molar refractivity (Wildman–Crippen MR) is 64.0 cm³/mol. The zero-order valence-corrected chi connectivity index (χ0v) is 11.1. The largest absolute Gasteiger partial charge is 0.409 e. The third-order valence-electron chi connectivity index (χ3n) is 2.22. The second-order valence-corrected chi connectivity index (χ2v) is 5.37. The molecule has 0 aliphatic rings. The summed E-state index contributed by atoms with van der Waals surface area (Å²) in [6, 6.07) is -0.411. The molecule has 102 valence electrons. The first-order valence-electron chi connectivity index (χ1n) is 5.03. The minimum atomic E-state index is -3.57. The number of ether oxygens (including phenoxy) is 1. The summed E-state index contributed by atoms with van der Waals surface area (Å²) in [6.45, 7) is 2.15. The molecule has 0 bridgehead atoms. The fourth-order valence-corrected chi connectivity index (χ4v) is 2.18. The third kappa shape index (κ3) is 5.82. The highest BCUT2D eigenvalue weighted by Crippen LogP contribution is 2.05. The van der Waals surface area contributed by atoms with Crippen molar-refractivity contribution in [1.29, 1.82) is 0 Å². The summed E-state index contributed by atoms with van der Waals surface area (Å²) in [4.78, 5) is 0. The Hall–Kier alpha value is -0.900. The highest BCUT2D eigenvalue weighted by molar-refractivity contribution is 7.87. The van der Waals surface area contributed by atoms with Gasteiger partial charge in [-0.3, -0.25) is 0 Å². The fourth-order valence-electron chi connectivity index (χ4n) is 1.08. The van der Waals surface area contributed by atoms with E-state index >= 15 is 0 Å². The van der Waals surface area contributed by atoms with Crippen LogP contribution in [0.25, 0.3) is 0 Å². The molecule has 0 rings (SSSR count). The molecule has 0 aliphatic heterocycles. The summed E-state index contributed by atoms with van der Waals surface area (Å²) in [7, 11) is -0.668. The molecule has 0 aromatic carbocycles. The second-order valence-electron chi connectivity index (χ2n) is 3.55. The molecule has 0 saturated heterocycles. The summed E-state index contributed by atoms with van der Waals surface area (Å²) < 4.78 is 31.7. The van der Waals surface area contributed by atoms with Crippen LogP contribution in [0.3, 0.4) is 0 Å². The van der Waals surface area contributed by atoms with E-state index < -0.39 is 16.3 Å². The van der Waals surface area contributed by atoms with E-state index in [-0.39, 0.29) is 18.8 Å². The molecule has 0 amide bonds. The molecule has 0 heterocycles. The molecule has 0 aromatic heterocycles. The summed E-state index contributed by atoms with van der Waals surface area (Å²) in [6.07, 6.45) is 0.151. The molecule has 1 unspecified atom stereocenters. The average molecular weight is 268 g/mol. The van der Waals surface area contributed by atoms with Gasteiger partial charge < -0.3 is 15.7 Å². The van der Waals surface area contributed by atoms with Crippen molar-refractivity contribution in [3.8, 4) is 0 Å². The van der Waals surface area contributed by atoms with Gasteiger partial charge in [0.15, 0.2) is 0 Å². The maximum absolute atomic E-state index is 11.7. The van der Waals surface area contributed by atoms with Crippen molar-refractivity contribution >= 4 is 16.0 Å². The van der Waals surface area contributed by atoms with Gasteiger partial charge in [0.2, 0.25) is 0 Å². The number of amidine groups is 1. The summed E-state index contributed by atoms with van der Waals surface area (Å²) in [5, 5.41) is 11.2. The first-order valence-corrected chi connectivity index (χ1v) is 6.47. The van der Waals surface area contributed by atoms with Crippen molar-refractivity contribution in [3.63, 3.8) is 0 Å². The zero-order chi connectivity index (χ0) is 13.5. The average Bonchev–Trinajstić information content (AvgIpc) is 2.27.